The zero-order valence-corrected chi connectivity index (χ0v) is 19.7. The summed E-state index contributed by atoms with van der Waals surface area (Å²) in [5.74, 6) is 1.22. The smallest absolute Gasteiger partial charge is 0.257 e. The van der Waals surface area contributed by atoms with Gasteiger partial charge >= 0.3 is 0 Å². The number of anilines is 1. The van der Waals surface area contributed by atoms with Crippen molar-refractivity contribution in [3.8, 4) is 5.75 Å². The molecule has 2 heterocycles. The van der Waals surface area contributed by atoms with Crippen LogP contribution in [0.3, 0.4) is 0 Å². The van der Waals surface area contributed by atoms with Gasteiger partial charge in [-0.1, -0.05) is 35.5 Å². The fraction of sp³-hybridized carbons (Fsp3) is 0.360. The molecular formula is C25H29N5O4. The van der Waals surface area contributed by atoms with E-state index in [1.807, 2.05) is 44.2 Å². The summed E-state index contributed by atoms with van der Waals surface area (Å²) in [5.41, 5.74) is 3.44. The SMILES string of the molecule is Cc1nc(COc2ccccc2C(=O)N2CCN(CC(=O)Nc3c(C)cccc3C)CC2)no1. The molecule has 2 amide bonds. The van der Waals surface area contributed by atoms with Crippen molar-refractivity contribution < 1.29 is 18.8 Å². The number of para-hydroxylation sites is 2. The van der Waals surface area contributed by atoms with E-state index in [2.05, 4.69) is 20.4 Å². The Morgan fingerprint density at radius 1 is 1.00 bits per heavy atom. The first kappa shape index (κ1) is 23.4. The first-order chi connectivity index (χ1) is 16.4. The zero-order valence-electron chi connectivity index (χ0n) is 19.7. The van der Waals surface area contributed by atoms with Crippen molar-refractivity contribution in [3.05, 3.63) is 70.9 Å². The topological polar surface area (TPSA) is 101 Å². The molecule has 9 heteroatoms. The number of carbonyl (C=O) groups is 2. The molecule has 2 aromatic carbocycles. The summed E-state index contributed by atoms with van der Waals surface area (Å²) < 4.78 is 10.8. The van der Waals surface area contributed by atoms with Crippen LogP contribution in [-0.4, -0.2) is 64.5 Å². The summed E-state index contributed by atoms with van der Waals surface area (Å²) in [6.45, 7) is 8.40. The molecule has 0 bridgehead atoms. The first-order valence-electron chi connectivity index (χ1n) is 11.3. The highest BCUT2D eigenvalue weighted by atomic mass is 16.5. The van der Waals surface area contributed by atoms with E-state index in [0.717, 1.165) is 16.8 Å². The van der Waals surface area contributed by atoms with Gasteiger partial charge in [-0.3, -0.25) is 14.5 Å². The normalized spacial score (nSPS) is 14.1. The minimum Gasteiger partial charge on any atom is -0.485 e. The Kier molecular flexibility index (Phi) is 7.22. The maximum atomic E-state index is 13.2. The van der Waals surface area contributed by atoms with Crippen molar-refractivity contribution in [2.24, 2.45) is 0 Å². The van der Waals surface area contributed by atoms with Crippen LogP contribution in [0.5, 0.6) is 5.75 Å². The van der Waals surface area contributed by atoms with Crippen LogP contribution in [0.2, 0.25) is 0 Å². The van der Waals surface area contributed by atoms with Crippen molar-refractivity contribution in [3.63, 3.8) is 0 Å². The molecule has 3 aromatic rings. The maximum Gasteiger partial charge on any atom is 0.257 e. The second-order valence-corrected chi connectivity index (χ2v) is 8.40. The van der Waals surface area contributed by atoms with E-state index < -0.39 is 0 Å². The van der Waals surface area contributed by atoms with Crippen LogP contribution in [0.1, 0.15) is 33.2 Å². The van der Waals surface area contributed by atoms with Gasteiger partial charge in [0.15, 0.2) is 6.61 Å². The number of nitrogens with zero attached hydrogens (tertiary/aromatic N) is 4. The average molecular weight is 464 g/mol. The number of hydrogen-bond acceptors (Lipinski definition) is 7. The summed E-state index contributed by atoms with van der Waals surface area (Å²) >= 11 is 0. The molecule has 178 valence electrons. The third-order valence-corrected chi connectivity index (χ3v) is 5.82. The minimum absolute atomic E-state index is 0.0485. The van der Waals surface area contributed by atoms with E-state index in [-0.39, 0.29) is 18.4 Å². The third-order valence-electron chi connectivity index (χ3n) is 5.82. The Morgan fingerprint density at radius 2 is 1.71 bits per heavy atom. The highest BCUT2D eigenvalue weighted by Gasteiger charge is 2.25. The molecule has 0 atom stereocenters. The lowest BCUT2D eigenvalue weighted by atomic mass is 10.1. The number of benzene rings is 2. The summed E-state index contributed by atoms with van der Waals surface area (Å²) in [5, 5.41) is 6.85. The molecule has 1 N–H and O–H groups in total. The number of aryl methyl sites for hydroxylation is 3. The van der Waals surface area contributed by atoms with Crippen molar-refractivity contribution in [1.29, 1.82) is 0 Å². The van der Waals surface area contributed by atoms with Gasteiger partial charge in [-0.25, -0.2) is 0 Å². The molecule has 9 nitrogen and oxygen atoms in total. The van der Waals surface area contributed by atoms with Crippen molar-refractivity contribution >= 4 is 17.5 Å². The van der Waals surface area contributed by atoms with Crippen molar-refractivity contribution in [1.82, 2.24) is 19.9 Å². The summed E-state index contributed by atoms with van der Waals surface area (Å²) in [4.78, 5) is 33.7. The number of hydrogen-bond donors (Lipinski definition) is 1. The molecule has 1 fully saturated rings. The van der Waals surface area contributed by atoms with Gasteiger partial charge in [-0.2, -0.15) is 4.98 Å². The molecule has 0 radical (unpaired) electrons. The molecule has 0 aliphatic carbocycles. The number of piperazine rings is 1. The summed E-state index contributed by atoms with van der Waals surface area (Å²) in [6.07, 6.45) is 0. The molecule has 0 spiro atoms. The molecule has 1 aliphatic heterocycles. The third kappa shape index (κ3) is 5.60. The predicted molar refractivity (Wildman–Crippen MR) is 127 cm³/mol. The van der Waals surface area contributed by atoms with E-state index in [1.54, 1.807) is 24.0 Å². The number of ether oxygens (including phenoxy) is 1. The van der Waals surface area contributed by atoms with Crippen molar-refractivity contribution in [2.75, 3.05) is 38.0 Å². The number of rotatable bonds is 7. The van der Waals surface area contributed by atoms with Gasteiger partial charge in [0.05, 0.1) is 12.1 Å². The Balaban J connectivity index is 1.31. The largest absolute Gasteiger partial charge is 0.485 e. The van der Waals surface area contributed by atoms with Crippen LogP contribution in [0.25, 0.3) is 0 Å². The molecule has 1 aromatic heterocycles. The van der Waals surface area contributed by atoms with Crippen LogP contribution in [0.15, 0.2) is 47.0 Å². The predicted octanol–water partition coefficient (Wildman–Crippen LogP) is 2.97. The summed E-state index contributed by atoms with van der Waals surface area (Å²) in [7, 11) is 0. The van der Waals surface area contributed by atoms with Crippen LogP contribution in [-0.2, 0) is 11.4 Å². The van der Waals surface area contributed by atoms with Gasteiger partial charge in [-0.05, 0) is 37.1 Å². The van der Waals surface area contributed by atoms with Gasteiger partial charge in [-0.15, -0.1) is 0 Å². The molecular weight excluding hydrogens is 434 g/mol. The Labute approximate surface area is 198 Å². The van der Waals surface area contributed by atoms with Gasteiger partial charge in [0.1, 0.15) is 5.75 Å². The minimum atomic E-state index is -0.0977. The van der Waals surface area contributed by atoms with Crippen LogP contribution in [0, 0.1) is 20.8 Å². The average Bonchev–Trinajstić information content (AvgIpc) is 3.25. The Morgan fingerprint density at radius 3 is 2.38 bits per heavy atom. The number of nitrogens with one attached hydrogen (secondary N) is 1. The molecule has 4 rings (SSSR count). The fourth-order valence-electron chi connectivity index (χ4n) is 3.98. The second kappa shape index (κ2) is 10.5. The molecule has 34 heavy (non-hydrogen) atoms. The molecule has 0 saturated carbocycles. The quantitative estimate of drug-likeness (QED) is 0.575. The van der Waals surface area contributed by atoms with Crippen LogP contribution < -0.4 is 10.1 Å². The van der Waals surface area contributed by atoms with E-state index in [4.69, 9.17) is 9.26 Å². The standard InChI is InChI=1S/C25H29N5O4/c1-17-7-6-8-18(2)24(17)27-23(31)15-29-11-13-30(14-12-29)25(32)20-9-4-5-10-21(20)33-16-22-26-19(3)34-28-22/h4-10H,11-16H2,1-3H3,(H,27,31). The fourth-order valence-corrected chi connectivity index (χ4v) is 3.98. The van der Waals surface area contributed by atoms with Gasteiger partial charge in [0, 0.05) is 38.8 Å². The van der Waals surface area contributed by atoms with Crippen LogP contribution in [0.4, 0.5) is 5.69 Å². The van der Waals surface area contributed by atoms with Gasteiger partial charge in [0.2, 0.25) is 17.6 Å². The lowest BCUT2D eigenvalue weighted by Gasteiger charge is -2.34. The number of aromatic nitrogens is 2. The highest BCUT2D eigenvalue weighted by molar-refractivity contribution is 5.97. The van der Waals surface area contributed by atoms with E-state index in [9.17, 15) is 9.59 Å². The van der Waals surface area contributed by atoms with Gasteiger partial charge < -0.3 is 19.5 Å². The highest BCUT2D eigenvalue weighted by Crippen LogP contribution is 2.22. The van der Waals surface area contributed by atoms with E-state index in [0.29, 0.717) is 55.8 Å². The molecule has 0 unspecified atom stereocenters. The Hall–Kier alpha value is -3.72. The Bertz CT molecular complexity index is 1150. The van der Waals surface area contributed by atoms with E-state index in [1.165, 1.54) is 0 Å². The monoisotopic (exact) mass is 463 g/mol. The van der Waals surface area contributed by atoms with E-state index >= 15 is 0 Å². The summed E-state index contributed by atoms with van der Waals surface area (Å²) in [6, 6.07) is 13.1. The number of amides is 2. The second-order valence-electron chi connectivity index (χ2n) is 8.40. The number of carbonyl (C=O) groups excluding carboxylic acids is 2. The lowest BCUT2D eigenvalue weighted by molar-refractivity contribution is -0.117. The lowest BCUT2D eigenvalue weighted by Crippen LogP contribution is -2.50. The zero-order chi connectivity index (χ0) is 24.1. The van der Waals surface area contributed by atoms with Crippen molar-refractivity contribution in [2.45, 2.75) is 27.4 Å². The van der Waals surface area contributed by atoms with Crippen LogP contribution >= 0.6 is 0 Å². The maximum absolute atomic E-state index is 13.2. The first-order valence-corrected chi connectivity index (χ1v) is 11.3. The molecule has 1 aliphatic rings. The van der Waals surface area contributed by atoms with Gasteiger partial charge in [0.25, 0.3) is 5.91 Å². The molecule has 1 saturated heterocycles.